The largest absolute Gasteiger partial charge is 0.507 e. The molecule has 0 aliphatic heterocycles. The zero-order valence-electron chi connectivity index (χ0n) is 15.4. The van der Waals surface area contributed by atoms with Gasteiger partial charge in [0.1, 0.15) is 17.1 Å². The SMILES string of the molecule is O=C(/C=C/c1ccco1)CC(c1ccccc1)c1c(O)c2ccccc2oc1=O. The quantitative estimate of drug-likeness (QED) is 0.377. The summed E-state index contributed by atoms with van der Waals surface area (Å²) in [5, 5.41) is 11.3. The Bertz CT molecular complexity index is 1220. The molecule has 2 aromatic heterocycles. The van der Waals surface area contributed by atoms with Crippen LogP contribution in [0.4, 0.5) is 0 Å². The minimum atomic E-state index is -0.655. The first kappa shape index (κ1) is 18.5. The Morgan fingerprint density at radius 1 is 1.00 bits per heavy atom. The fourth-order valence-electron chi connectivity index (χ4n) is 3.36. The molecule has 4 aromatic rings. The van der Waals surface area contributed by atoms with Crippen LogP contribution in [0.3, 0.4) is 0 Å². The lowest BCUT2D eigenvalue weighted by Crippen LogP contribution is -2.16. The van der Waals surface area contributed by atoms with Crippen molar-refractivity contribution in [2.45, 2.75) is 12.3 Å². The highest BCUT2D eigenvalue weighted by atomic mass is 16.4. The summed E-state index contributed by atoms with van der Waals surface area (Å²) in [6.45, 7) is 0. The van der Waals surface area contributed by atoms with Crippen molar-refractivity contribution >= 4 is 22.8 Å². The lowest BCUT2D eigenvalue weighted by Gasteiger charge is -2.17. The number of aromatic hydroxyl groups is 1. The third kappa shape index (κ3) is 3.89. The second-order valence-corrected chi connectivity index (χ2v) is 6.63. The molecule has 1 atom stereocenters. The molecule has 5 heteroatoms. The van der Waals surface area contributed by atoms with Crippen LogP contribution in [-0.2, 0) is 4.79 Å². The fraction of sp³-hybridized carbons (Fsp3) is 0.0833. The Morgan fingerprint density at radius 3 is 2.52 bits per heavy atom. The highest BCUT2D eigenvalue weighted by Crippen LogP contribution is 2.36. The van der Waals surface area contributed by atoms with Crippen LogP contribution in [0.1, 0.15) is 29.2 Å². The summed E-state index contributed by atoms with van der Waals surface area (Å²) in [5.74, 6) is -0.454. The van der Waals surface area contributed by atoms with Crippen LogP contribution in [0.25, 0.3) is 17.0 Å². The van der Waals surface area contributed by atoms with Crippen molar-refractivity contribution in [3.05, 3.63) is 106 Å². The van der Waals surface area contributed by atoms with E-state index in [1.807, 2.05) is 30.3 Å². The van der Waals surface area contributed by atoms with Gasteiger partial charge in [-0.3, -0.25) is 4.79 Å². The van der Waals surface area contributed by atoms with Gasteiger partial charge in [0.25, 0.3) is 0 Å². The van der Waals surface area contributed by atoms with Crippen molar-refractivity contribution in [3.63, 3.8) is 0 Å². The van der Waals surface area contributed by atoms with Gasteiger partial charge in [0.2, 0.25) is 0 Å². The molecule has 1 N–H and O–H groups in total. The van der Waals surface area contributed by atoms with Crippen molar-refractivity contribution in [2.24, 2.45) is 0 Å². The van der Waals surface area contributed by atoms with Gasteiger partial charge in [-0.25, -0.2) is 4.79 Å². The fourth-order valence-corrected chi connectivity index (χ4v) is 3.36. The smallest absolute Gasteiger partial charge is 0.343 e. The Labute approximate surface area is 166 Å². The van der Waals surface area contributed by atoms with Crippen LogP contribution in [0, 0.1) is 0 Å². The van der Waals surface area contributed by atoms with Crippen molar-refractivity contribution in [2.75, 3.05) is 0 Å². The summed E-state index contributed by atoms with van der Waals surface area (Å²) in [4.78, 5) is 25.4. The molecule has 0 amide bonds. The lowest BCUT2D eigenvalue weighted by atomic mass is 9.86. The summed E-state index contributed by atoms with van der Waals surface area (Å²) >= 11 is 0. The Balaban J connectivity index is 1.77. The first-order valence-corrected chi connectivity index (χ1v) is 9.17. The second-order valence-electron chi connectivity index (χ2n) is 6.63. The summed E-state index contributed by atoms with van der Waals surface area (Å²) in [6, 6.07) is 19.4. The van der Waals surface area contributed by atoms with Gasteiger partial charge in [-0.2, -0.15) is 0 Å². The summed E-state index contributed by atoms with van der Waals surface area (Å²) in [6.07, 6.45) is 4.51. The predicted octanol–water partition coefficient (Wildman–Crippen LogP) is 4.90. The molecule has 1 unspecified atom stereocenters. The van der Waals surface area contributed by atoms with E-state index >= 15 is 0 Å². The summed E-state index contributed by atoms with van der Waals surface area (Å²) in [7, 11) is 0. The highest BCUT2D eigenvalue weighted by molar-refractivity contribution is 5.94. The number of furan rings is 1. The first-order chi connectivity index (χ1) is 14.1. The minimum absolute atomic E-state index is 0.00210. The molecule has 0 fully saturated rings. The molecule has 29 heavy (non-hydrogen) atoms. The molecule has 0 aliphatic rings. The van der Waals surface area contributed by atoms with E-state index in [-0.39, 0.29) is 23.5 Å². The second kappa shape index (κ2) is 8.02. The number of carbonyl (C=O) groups is 1. The molecule has 0 aliphatic carbocycles. The molecule has 0 saturated heterocycles. The average molecular weight is 386 g/mol. The maximum absolute atomic E-state index is 12.7. The number of rotatable bonds is 6. The van der Waals surface area contributed by atoms with Crippen LogP contribution in [0.5, 0.6) is 5.75 Å². The molecule has 0 radical (unpaired) electrons. The molecule has 0 saturated carbocycles. The first-order valence-electron chi connectivity index (χ1n) is 9.17. The molecular formula is C24H18O5. The Hall–Kier alpha value is -3.86. The van der Waals surface area contributed by atoms with Gasteiger partial charge in [0, 0.05) is 12.3 Å². The molecule has 4 rings (SSSR count). The number of hydrogen-bond acceptors (Lipinski definition) is 5. The molecule has 2 heterocycles. The van der Waals surface area contributed by atoms with E-state index < -0.39 is 11.5 Å². The van der Waals surface area contributed by atoms with E-state index in [9.17, 15) is 14.7 Å². The minimum Gasteiger partial charge on any atom is -0.507 e. The average Bonchev–Trinajstić information content (AvgIpc) is 3.26. The monoisotopic (exact) mass is 386 g/mol. The van der Waals surface area contributed by atoms with Gasteiger partial charge in [0.15, 0.2) is 5.78 Å². The molecule has 5 nitrogen and oxygen atoms in total. The van der Waals surface area contributed by atoms with E-state index in [2.05, 4.69) is 0 Å². The van der Waals surface area contributed by atoms with E-state index in [0.29, 0.717) is 16.7 Å². The number of ketones is 1. The molecule has 144 valence electrons. The number of benzene rings is 2. The van der Waals surface area contributed by atoms with Gasteiger partial charge >= 0.3 is 5.63 Å². The van der Waals surface area contributed by atoms with E-state index in [1.54, 1.807) is 42.5 Å². The van der Waals surface area contributed by atoms with Crippen LogP contribution >= 0.6 is 0 Å². The van der Waals surface area contributed by atoms with Gasteiger partial charge in [-0.1, -0.05) is 42.5 Å². The normalized spacial score (nSPS) is 12.4. The van der Waals surface area contributed by atoms with Crippen molar-refractivity contribution < 1.29 is 18.7 Å². The number of allylic oxidation sites excluding steroid dienone is 1. The maximum Gasteiger partial charge on any atom is 0.343 e. The van der Waals surface area contributed by atoms with E-state index in [1.165, 1.54) is 12.3 Å². The predicted molar refractivity (Wildman–Crippen MR) is 110 cm³/mol. The highest BCUT2D eigenvalue weighted by Gasteiger charge is 2.26. The molecule has 0 bridgehead atoms. The topological polar surface area (TPSA) is 80.7 Å². The Kier molecular flexibility index (Phi) is 5.12. The van der Waals surface area contributed by atoms with Crippen molar-refractivity contribution in [1.29, 1.82) is 0 Å². The van der Waals surface area contributed by atoms with Gasteiger partial charge in [0.05, 0.1) is 17.2 Å². The number of fused-ring (bicyclic) bond motifs is 1. The number of hydrogen-bond donors (Lipinski definition) is 1. The lowest BCUT2D eigenvalue weighted by molar-refractivity contribution is -0.114. The van der Waals surface area contributed by atoms with E-state index in [4.69, 9.17) is 8.83 Å². The van der Waals surface area contributed by atoms with Crippen LogP contribution in [0.15, 0.2) is 92.7 Å². The van der Waals surface area contributed by atoms with Gasteiger partial charge in [-0.05, 0) is 42.0 Å². The molecular weight excluding hydrogens is 368 g/mol. The van der Waals surface area contributed by atoms with E-state index in [0.717, 1.165) is 5.56 Å². The van der Waals surface area contributed by atoms with Crippen molar-refractivity contribution in [1.82, 2.24) is 0 Å². The van der Waals surface area contributed by atoms with Gasteiger partial charge < -0.3 is 13.9 Å². The zero-order chi connectivity index (χ0) is 20.2. The third-order valence-corrected chi connectivity index (χ3v) is 4.75. The zero-order valence-corrected chi connectivity index (χ0v) is 15.4. The molecule has 2 aromatic carbocycles. The summed E-state index contributed by atoms with van der Waals surface area (Å²) < 4.78 is 10.6. The number of carbonyl (C=O) groups excluding carboxylic acids is 1. The van der Waals surface area contributed by atoms with Gasteiger partial charge in [-0.15, -0.1) is 0 Å². The molecule has 0 spiro atoms. The third-order valence-electron chi connectivity index (χ3n) is 4.75. The standard InChI is InChI=1S/C24H18O5/c25-17(12-13-18-9-6-14-28-18)15-20(16-7-2-1-3-8-16)22-23(26)19-10-4-5-11-21(19)29-24(22)27/h1-14,20,26H,15H2/b13-12+. The van der Waals surface area contributed by atoms with Crippen molar-refractivity contribution in [3.8, 4) is 5.75 Å². The van der Waals surface area contributed by atoms with Crippen LogP contribution < -0.4 is 5.63 Å². The summed E-state index contributed by atoms with van der Waals surface area (Å²) in [5.41, 5.74) is 0.465. The van der Waals surface area contributed by atoms with Crippen LogP contribution in [0.2, 0.25) is 0 Å². The van der Waals surface area contributed by atoms with Crippen LogP contribution in [-0.4, -0.2) is 10.9 Å². The number of para-hydroxylation sites is 1. The maximum atomic E-state index is 12.7. The Morgan fingerprint density at radius 2 is 1.76 bits per heavy atom.